The number of ether oxygens (including phenoxy) is 5. The Morgan fingerprint density at radius 2 is 1.55 bits per heavy atom. The van der Waals surface area contributed by atoms with E-state index in [-0.39, 0.29) is 68.6 Å². The number of unbranched alkanes of at least 4 members (excludes halogenated alkanes) is 1. The number of thioether (sulfide) groups is 1. The number of azide groups is 1. The molecule has 20 heteroatoms. The summed E-state index contributed by atoms with van der Waals surface area (Å²) in [6.07, 6.45) is 4.17. The largest absolute Gasteiger partial charge is 0.379 e. The third kappa shape index (κ3) is 18.7. The van der Waals surface area contributed by atoms with Crippen molar-refractivity contribution in [3.05, 3.63) is 10.4 Å². The Morgan fingerprint density at radius 3 is 2.24 bits per heavy atom. The highest BCUT2D eigenvalue weighted by Crippen LogP contribution is 2.33. The first-order valence-corrected chi connectivity index (χ1v) is 18.7. The van der Waals surface area contributed by atoms with Gasteiger partial charge in [0.1, 0.15) is 6.04 Å². The van der Waals surface area contributed by atoms with E-state index in [0.717, 1.165) is 25.0 Å². The highest BCUT2D eigenvalue weighted by atomic mass is 32.2. The molecule has 5 N–H and O–H groups in total. The molecule has 5 amide bonds. The summed E-state index contributed by atoms with van der Waals surface area (Å²) in [5.74, 6) is 0.303. The van der Waals surface area contributed by atoms with Crippen molar-refractivity contribution in [2.75, 3.05) is 91.5 Å². The van der Waals surface area contributed by atoms with Crippen LogP contribution in [0.3, 0.4) is 0 Å². The molecule has 3 rings (SSSR count). The van der Waals surface area contributed by atoms with Crippen LogP contribution >= 0.6 is 11.8 Å². The van der Waals surface area contributed by atoms with Crippen LogP contribution in [0.2, 0.25) is 0 Å². The van der Waals surface area contributed by atoms with Gasteiger partial charge in [0.25, 0.3) is 0 Å². The number of urea groups is 1. The van der Waals surface area contributed by atoms with E-state index >= 15 is 0 Å². The van der Waals surface area contributed by atoms with Crippen molar-refractivity contribution in [2.45, 2.75) is 80.9 Å². The number of nitrogens with zero attached hydrogens (tertiary/aromatic N) is 5. The summed E-state index contributed by atoms with van der Waals surface area (Å²) in [5, 5.41) is 26.1. The van der Waals surface area contributed by atoms with Crippen molar-refractivity contribution >= 4 is 35.5 Å². The first-order valence-electron chi connectivity index (χ1n) is 17.7. The highest BCUT2D eigenvalue weighted by molar-refractivity contribution is 8.00. The molecule has 0 saturated carbocycles. The number of carbonyl (C=O) groups excluding carboxylic acids is 4. The molecule has 0 aromatic heterocycles. The van der Waals surface area contributed by atoms with Crippen LogP contribution < -0.4 is 26.6 Å². The first-order chi connectivity index (χ1) is 24.8. The van der Waals surface area contributed by atoms with Crippen LogP contribution in [-0.2, 0) is 38.1 Å². The molecule has 3 aliphatic rings. The van der Waals surface area contributed by atoms with Crippen molar-refractivity contribution < 1.29 is 42.9 Å². The Hall–Kier alpha value is -3.26. The third-order valence-corrected chi connectivity index (χ3v) is 9.69. The lowest BCUT2D eigenvalue weighted by molar-refractivity contribution is -0.130. The van der Waals surface area contributed by atoms with Gasteiger partial charge in [-0.1, -0.05) is 11.5 Å². The number of hydrogen-bond acceptors (Lipinski definition) is 13. The zero-order valence-electron chi connectivity index (χ0n) is 29.5. The van der Waals surface area contributed by atoms with Gasteiger partial charge in [0, 0.05) is 48.4 Å². The minimum Gasteiger partial charge on any atom is -0.379 e. The molecule has 0 aromatic rings. The quantitative estimate of drug-likeness (QED) is 0.0223. The van der Waals surface area contributed by atoms with Gasteiger partial charge in [0.2, 0.25) is 17.7 Å². The van der Waals surface area contributed by atoms with Gasteiger partial charge in [0.15, 0.2) is 5.66 Å². The predicted octanol–water partition coefficient (Wildman–Crippen LogP) is 1.18. The average molecular weight is 743 g/mol. The van der Waals surface area contributed by atoms with Crippen molar-refractivity contribution in [1.29, 1.82) is 0 Å². The van der Waals surface area contributed by atoms with Crippen molar-refractivity contribution in [3.8, 4) is 0 Å². The normalized spacial score (nSPS) is 20.1. The number of amides is 5. The predicted molar refractivity (Wildman–Crippen MR) is 187 cm³/mol. The number of nitrogens with one attached hydrogen (secondary N) is 5. The SMILES string of the molecule is CC1(CC[C@H](NC(=O)CCOCCOCCNC(=O)CCCC[C@@H]2SC[C@@H]3NC(=O)N[C@@H]32)C(=O)NCCOCCOCCOCCN=[N+]=[N-])N=N1. The molecule has 0 aromatic carbocycles. The van der Waals surface area contributed by atoms with E-state index in [2.05, 4.69) is 46.8 Å². The smallest absolute Gasteiger partial charge is 0.315 e. The molecule has 288 valence electrons. The van der Waals surface area contributed by atoms with Crippen molar-refractivity contribution in [2.24, 2.45) is 15.3 Å². The van der Waals surface area contributed by atoms with Crippen LogP contribution in [0, 0.1) is 0 Å². The van der Waals surface area contributed by atoms with E-state index < -0.39 is 11.7 Å². The lowest BCUT2D eigenvalue weighted by atomic mass is 10.0. The fourth-order valence-corrected chi connectivity index (χ4v) is 6.86. The van der Waals surface area contributed by atoms with Gasteiger partial charge in [0.05, 0.1) is 78.2 Å². The molecular weight excluding hydrogens is 688 g/mol. The number of rotatable bonds is 31. The van der Waals surface area contributed by atoms with Crippen LogP contribution in [0.25, 0.3) is 10.4 Å². The summed E-state index contributed by atoms with van der Waals surface area (Å²) >= 11 is 1.88. The summed E-state index contributed by atoms with van der Waals surface area (Å²) in [4.78, 5) is 51.6. The average Bonchev–Trinajstić information content (AvgIpc) is 3.57. The maximum absolute atomic E-state index is 12.8. The first kappa shape index (κ1) is 42.2. The lowest BCUT2D eigenvalue weighted by Crippen LogP contribution is -2.48. The molecule has 51 heavy (non-hydrogen) atoms. The topological polar surface area (TPSA) is 248 Å². The molecule has 3 aliphatic heterocycles. The minimum absolute atomic E-state index is 0.00901. The number of carbonyl (C=O) groups is 4. The summed E-state index contributed by atoms with van der Waals surface area (Å²) in [5.41, 5.74) is 7.70. The molecule has 19 nitrogen and oxygen atoms in total. The van der Waals surface area contributed by atoms with E-state index in [1.165, 1.54) is 0 Å². The fourth-order valence-electron chi connectivity index (χ4n) is 5.31. The Labute approximate surface area is 302 Å². The van der Waals surface area contributed by atoms with E-state index in [1.54, 1.807) is 0 Å². The maximum Gasteiger partial charge on any atom is 0.315 e. The van der Waals surface area contributed by atoms with Gasteiger partial charge < -0.3 is 50.3 Å². The van der Waals surface area contributed by atoms with E-state index in [1.807, 2.05) is 18.7 Å². The monoisotopic (exact) mass is 742 g/mol. The van der Waals surface area contributed by atoms with Crippen LogP contribution in [0.4, 0.5) is 4.79 Å². The summed E-state index contributed by atoms with van der Waals surface area (Å²) in [6.45, 7) is 6.09. The second-order valence-corrected chi connectivity index (χ2v) is 13.6. The van der Waals surface area contributed by atoms with Crippen LogP contribution in [0.1, 0.15) is 51.9 Å². The summed E-state index contributed by atoms with van der Waals surface area (Å²) in [7, 11) is 0. The second kappa shape index (κ2) is 24.8. The van der Waals surface area contributed by atoms with E-state index in [9.17, 15) is 19.2 Å². The Kier molecular flexibility index (Phi) is 20.5. The van der Waals surface area contributed by atoms with Crippen molar-refractivity contribution in [1.82, 2.24) is 26.6 Å². The summed E-state index contributed by atoms with van der Waals surface area (Å²) in [6, 6.07) is -0.412. The molecule has 4 atom stereocenters. The maximum atomic E-state index is 12.8. The highest BCUT2D eigenvalue weighted by Gasteiger charge is 2.42. The molecule has 0 spiro atoms. The van der Waals surface area contributed by atoms with Gasteiger partial charge in [-0.2, -0.15) is 22.0 Å². The van der Waals surface area contributed by atoms with Gasteiger partial charge in [-0.25, -0.2) is 4.79 Å². The molecule has 3 heterocycles. The Balaban J connectivity index is 1.13. The van der Waals surface area contributed by atoms with E-state index in [0.29, 0.717) is 83.9 Å². The summed E-state index contributed by atoms with van der Waals surface area (Å²) < 4.78 is 27.1. The van der Waals surface area contributed by atoms with E-state index in [4.69, 9.17) is 29.2 Å². The zero-order chi connectivity index (χ0) is 36.6. The van der Waals surface area contributed by atoms with Crippen molar-refractivity contribution in [3.63, 3.8) is 0 Å². The Morgan fingerprint density at radius 1 is 0.902 bits per heavy atom. The van der Waals surface area contributed by atoms with Crippen LogP contribution in [0.5, 0.6) is 0 Å². The van der Waals surface area contributed by atoms with Gasteiger partial charge >= 0.3 is 6.03 Å². The molecule has 0 radical (unpaired) electrons. The standard InChI is InChI=1S/C31H54N10O9S/c1-31(39-40-31)8-6-23(29(44)34-10-14-48-18-20-50-21-19-49-15-11-35-41-32)36-27(43)7-12-46-16-17-47-13-9-33-26(42)5-3-2-4-25-28-24(22-51-25)37-30(45)38-28/h23-25,28H,2-22H2,1H3,(H,33,42)(H,34,44)(H,36,43)(H2,37,38,45)/t23-,24-,25-,28-/m0/s1. The molecule has 0 bridgehead atoms. The Bertz CT molecular complexity index is 1160. The molecular formula is C31H54N10O9S. The molecule has 2 saturated heterocycles. The third-order valence-electron chi connectivity index (χ3n) is 8.18. The number of hydrogen-bond donors (Lipinski definition) is 5. The molecule has 0 unspecified atom stereocenters. The molecule has 2 fully saturated rings. The van der Waals surface area contributed by atoms with Crippen LogP contribution in [-0.4, -0.2) is 144 Å². The van der Waals surface area contributed by atoms with Gasteiger partial charge in [-0.05, 0) is 38.1 Å². The lowest BCUT2D eigenvalue weighted by Gasteiger charge is -2.19. The fraction of sp³-hybridized carbons (Fsp3) is 0.871. The van der Waals surface area contributed by atoms with Gasteiger partial charge in [-0.15, -0.1) is 0 Å². The zero-order valence-corrected chi connectivity index (χ0v) is 30.3. The molecule has 0 aliphatic carbocycles. The number of fused-ring (bicyclic) bond motifs is 1. The minimum atomic E-state index is -0.742. The van der Waals surface area contributed by atoms with Crippen LogP contribution in [0.15, 0.2) is 15.3 Å². The second-order valence-electron chi connectivity index (χ2n) is 12.4. The van der Waals surface area contributed by atoms with Gasteiger partial charge in [-0.3, -0.25) is 14.4 Å².